The second-order valence-electron chi connectivity index (χ2n) is 6.01. The Morgan fingerprint density at radius 3 is 2.85 bits per heavy atom. The molecule has 0 fully saturated rings. The van der Waals surface area contributed by atoms with Gasteiger partial charge in [-0.25, -0.2) is 4.68 Å². The number of hydrogen-bond donors (Lipinski definition) is 1. The van der Waals surface area contributed by atoms with Crippen LogP contribution in [-0.4, -0.2) is 29.6 Å². The van der Waals surface area contributed by atoms with Gasteiger partial charge in [0.1, 0.15) is 18.3 Å². The maximum atomic E-state index is 5.69. The maximum absolute atomic E-state index is 5.69. The Morgan fingerprint density at radius 1 is 1.40 bits per heavy atom. The second kappa shape index (κ2) is 6.23. The van der Waals surface area contributed by atoms with Gasteiger partial charge in [0.05, 0.1) is 6.20 Å². The number of anilines is 2. The largest absolute Gasteiger partial charge is 0.360 e. The van der Waals surface area contributed by atoms with Crippen LogP contribution in [0.4, 0.5) is 11.6 Å². The van der Waals surface area contributed by atoms with Gasteiger partial charge in [0.2, 0.25) is 0 Å². The fourth-order valence-electron chi connectivity index (χ4n) is 1.63. The Bertz CT molecular complexity index is 545. The monoisotopic (exact) mass is 294 g/mol. The molecule has 0 aliphatic heterocycles. The Kier molecular flexibility index (Phi) is 4.61. The Balaban J connectivity index is 1.85. The first-order valence-corrected chi connectivity index (χ1v) is 10.4. The van der Waals surface area contributed by atoms with Gasteiger partial charge < -0.3 is 14.6 Å². The van der Waals surface area contributed by atoms with Crippen LogP contribution in [0.1, 0.15) is 5.76 Å². The fraction of sp³-hybridized carbons (Fsp3) is 0.538. The number of rotatable bonds is 7. The molecule has 20 heavy (non-hydrogen) atoms. The van der Waals surface area contributed by atoms with Crippen molar-refractivity contribution in [3.63, 3.8) is 0 Å². The summed E-state index contributed by atoms with van der Waals surface area (Å²) < 4.78 is 12.5. The highest BCUT2D eigenvalue weighted by Crippen LogP contribution is 2.16. The molecule has 0 saturated heterocycles. The molecule has 110 valence electrons. The van der Waals surface area contributed by atoms with Gasteiger partial charge in [-0.05, 0) is 13.0 Å². The lowest BCUT2D eigenvalue weighted by atomic mass is 10.5. The molecule has 0 radical (unpaired) electrons. The molecule has 2 aromatic heterocycles. The van der Waals surface area contributed by atoms with Crippen molar-refractivity contribution >= 4 is 19.7 Å². The van der Waals surface area contributed by atoms with E-state index >= 15 is 0 Å². The minimum absolute atomic E-state index is 0.441. The molecule has 6 nitrogen and oxygen atoms in total. The zero-order valence-corrected chi connectivity index (χ0v) is 13.5. The Labute approximate surface area is 120 Å². The van der Waals surface area contributed by atoms with Crippen LogP contribution in [0.2, 0.25) is 25.7 Å². The third-order valence-corrected chi connectivity index (χ3v) is 4.51. The fourth-order valence-corrected chi connectivity index (χ4v) is 2.38. The summed E-state index contributed by atoms with van der Waals surface area (Å²) in [7, 11) is -1.04. The number of aryl methyl sites for hydroxylation is 1. The topological polar surface area (TPSA) is 65.1 Å². The van der Waals surface area contributed by atoms with E-state index in [1.54, 1.807) is 10.9 Å². The first kappa shape index (κ1) is 14.8. The molecule has 0 saturated carbocycles. The third-order valence-electron chi connectivity index (χ3n) is 2.81. The van der Waals surface area contributed by atoms with E-state index in [1.165, 1.54) is 0 Å². The molecule has 0 aliphatic carbocycles. The average Bonchev–Trinajstić information content (AvgIpc) is 2.94. The molecule has 2 heterocycles. The summed E-state index contributed by atoms with van der Waals surface area (Å²) in [5.41, 5.74) is 0. The first-order valence-electron chi connectivity index (χ1n) is 6.74. The highest BCUT2D eigenvalue weighted by Gasteiger charge is 2.12. The predicted octanol–water partition coefficient (Wildman–Crippen LogP) is 3.24. The van der Waals surface area contributed by atoms with E-state index in [9.17, 15) is 0 Å². The SMILES string of the molecule is Cc1cc(Nc2ccnn2COCC[Si](C)(C)C)no1. The van der Waals surface area contributed by atoms with E-state index in [0.29, 0.717) is 12.5 Å². The van der Waals surface area contributed by atoms with Crippen molar-refractivity contribution in [2.24, 2.45) is 0 Å². The molecule has 0 aliphatic rings. The lowest BCUT2D eigenvalue weighted by molar-refractivity contribution is 0.0801. The summed E-state index contributed by atoms with van der Waals surface area (Å²) in [4.78, 5) is 0. The number of nitrogens with one attached hydrogen (secondary N) is 1. The van der Waals surface area contributed by atoms with E-state index in [-0.39, 0.29) is 0 Å². The minimum Gasteiger partial charge on any atom is -0.360 e. The minimum atomic E-state index is -1.04. The average molecular weight is 294 g/mol. The lowest BCUT2D eigenvalue weighted by Gasteiger charge is -2.15. The van der Waals surface area contributed by atoms with Crippen LogP contribution in [0.25, 0.3) is 0 Å². The Morgan fingerprint density at radius 2 is 2.20 bits per heavy atom. The lowest BCUT2D eigenvalue weighted by Crippen LogP contribution is -2.22. The van der Waals surface area contributed by atoms with E-state index in [0.717, 1.165) is 24.2 Å². The molecule has 0 aromatic carbocycles. The molecular weight excluding hydrogens is 272 g/mol. The number of ether oxygens (including phenoxy) is 1. The molecule has 0 bridgehead atoms. The van der Waals surface area contributed by atoms with Gasteiger partial charge in [-0.15, -0.1) is 0 Å². The molecule has 0 atom stereocenters. The molecule has 0 amide bonds. The Hall–Kier alpha value is -1.60. The molecule has 2 aromatic rings. The second-order valence-corrected chi connectivity index (χ2v) is 11.6. The van der Waals surface area contributed by atoms with Crippen LogP contribution in [0.5, 0.6) is 0 Å². The summed E-state index contributed by atoms with van der Waals surface area (Å²) in [6.45, 7) is 10.1. The van der Waals surface area contributed by atoms with E-state index in [4.69, 9.17) is 9.26 Å². The summed E-state index contributed by atoms with van der Waals surface area (Å²) >= 11 is 0. The first-order chi connectivity index (χ1) is 9.44. The summed E-state index contributed by atoms with van der Waals surface area (Å²) in [6.07, 6.45) is 1.73. The molecule has 1 N–H and O–H groups in total. The molecule has 0 unspecified atom stereocenters. The zero-order chi connectivity index (χ0) is 14.6. The van der Waals surface area contributed by atoms with E-state index in [1.807, 2.05) is 19.1 Å². The predicted molar refractivity (Wildman–Crippen MR) is 80.9 cm³/mol. The van der Waals surface area contributed by atoms with Gasteiger partial charge in [0.15, 0.2) is 5.82 Å². The summed E-state index contributed by atoms with van der Waals surface area (Å²) in [5, 5.41) is 11.3. The third kappa shape index (κ3) is 4.50. The van der Waals surface area contributed by atoms with Gasteiger partial charge >= 0.3 is 0 Å². The van der Waals surface area contributed by atoms with Crippen molar-refractivity contribution in [3.05, 3.63) is 24.1 Å². The molecular formula is C13H22N4O2Si. The van der Waals surface area contributed by atoms with E-state index < -0.39 is 8.07 Å². The zero-order valence-electron chi connectivity index (χ0n) is 12.5. The van der Waals surface area contributed by atoms with Crippen molar-refractivity contribution in [2.45, 2.75) is 39.3 Å². The van der Waals surface area contributed by atoms with Crippen LogP contribution in [0.15, 0.2) is 22.9 Å². The van der Waals surface area contributed by atoms with Gasteiger partial charge in [-0.3, -0.25) is 0 Å². The van der Waals surface area contributed by atoms with Crippen LogP contribution >= 0.6 is 0 Å². The molecule has 2 rings (SSSR count). The van der Waals surface area contributed by atoms with Gasteiger partial charge in [0, 0.05) is 26.8 Å². The summed E-state index contributed by atoms with van der Waals surface area (Å²) in [5.74, 6) is 2.28. The number of nitrogens with zero attached hydrogens (tertiary/aromatic N) is 3. The van der Waals surface area contributed by atoms with Crippen LogP contribution in [0.3, 0.4) is 0 Å². The van der Waals surface area contributed by atoms with E-state index in [2.05, 4.69) is 35.2 Å². The normalized spacial score (nSPS) is 11.8. The molecule has 0 spiro atoms. The van der Waals surface area contributed by atoms with Crippen molar-refractivity contribution in [3.8, 4) is 0 Å². The maximum Gasteiger partial charge on any atom is 0.175 e. The number of aromatic nitrogens is 3. The quantitative estimate of drug-likeness (QED) is 0.627. The van der Waals surface area contributed by atoms with Gasteiger partial charge in [-0.1, -0.05) is 24.8 Å². The van der Waals surface area contributed by atoms with Crippen molar-refractivity contribution in [1.82, 2.24) is 14.9 Å². The number of hydrogen-bond acceptors (Lipinski definition) is 5. The van der Waals surface area contributed by atoms with Crippen LogP contribution in [0, 0.1) is 6.92 Å². The highest BCUT2D eigenvalue weighted by atomic mass is 28.3. The highest BCUT2D eigenvalue weighted by molar-refractivity contribution is 6.76. The van der Waals surface area contributed by atoms with Crippen LogP contribution < -0.4 is 5.32 Å². The molecule has 7 heteroatoms. The van der Waals surface area contributed by atoms with Crippen molar-refractivity contribution in [2.75, 3.05) is 11.9 Å². The van der Waals surface area contributed by atoms with Gasteiger partial charge in [0.25, 0.3) is 0 Å². The van der Waals surface area contributed by atoms with Crippen molar-refractivity contribution < 1.29 is 9.26 Å². The van der Waals surface area contributed by atoms with Gasteiger partial charge in [-0.2, -0.15) is 5.10 Å². The summed E-state index contributed by atoms with van der Waals surface area (Å²) in [6, 6.07) is 4.87. The van der Waals surface area contributed by atoms with Crippen LogP contribution in [-0.2, 0) is 11.5 Å². The smallest absolute Gasteiger partial charge is 0.175 e. The standard InChI is InChI=1S/C13H22N4O2Si/c1-11-9-12(16-19-11)15-13-5-6-14-17(13)10-18-7-8-20(2,3)4/h5-6,9H,7-8,10H2,1-4H3,(H,15,16). The van der Waals surface area contributed by atoms with Crippen molar-refractivity contribution in [1.29, 1.82) is 0 Å².